The van der Waals surface area contributed by atoms with E-state index in [4.69, 9.17) is 0 Å². The van der Waals surface area contributed by atoms with Crippen molar-refractivity contribution in [3.05, 3.63) is 65.2 Å². The van der Waals surface area contributed by atoms with Crippen LogP contribution in [0, 0.1) is 0 Å². The quantitative estimate of drug-likeness (QED) is 0.804. The monoisotopic (exact) mass is 376 g/mol. The van der Waals surface area contributed by atoms with Crippen molar-refractivity contribution in [3.63, 3.8) is 0 Å². The van der Waals surface area contributed by atoms with Crippen molar-refractivity contribution < 1.29 is 23.1 Å². The van der Waals surface area contributed by atoms with E-state index in [-0.39, 0.29) is 22.1 Å². The number of nitrogens with one attached hydrogen (secondary N) is 1. The number of rotatable bonds is 6. The Morgan fingerprint density at radius 2 is 1.62 bits per heavy atom. The lowest BCUT2D eigenvalue weighted by Crippen LogP contribution is -2.28. The molecule has 1 atom stereocenters. The summed E-state index contributed by atoms with van der Waals surface area (Å²) in [5, 5.41) is 12.0. The summed E-state index contributed by atoms with van der Waals surface area (Å²) >= 11 is 0. The molecule has 0 bridgehead atoms. The first-order valence-electron chi connectivity index (χ1n) is 7.79. The Labute approximate surface area is 152 Å². The van der Waals surface area contributed by atoms with E-state index < -0.39 is 21.9 Å². The van der Waals surface area contributed by atoms with Gasteiger partial charge in [0.05, 0.1) is 16.5 Å². The first kappa shape index (κ1) is 19.6. The zero-order valence-electron chi connectivity index (χ0n) is 14.6. The second kappa shape index (κ2) is 7.67. The SMILES string of the molecule is CC(NC(=O)c1cc(C(=O)O)cc(S(=O)(=O)N(C)C)c1)c1ccccc1. The summed E-state index contributed by atoms with van der Waals surface area (Å²) < 4.78 is 25.6. The molecule has 0 saturated heterocycles. The number of sulfonamides is 1. The van der Waals surface area contributed by atoms with E-state index in [2.05, 4.69) is 5.32 Å². The van der Waals surface area contributed by atoms with Gasteiger partial charge in [-0.05, 0) is 30.7 Å². The number of carboxylic acid groups (broad SMARTS) is 1. The molecule has 0 aliphatic heterocycles. The normalized spacial score (nSPS) is 12.6. The van der Waals surface area contributed by atoms with Gasteiger partial charge in [-0.15, -0.1) is 0 Å². The molecule has 1 amide bonds. The van der Waals surface area contributed by atoms with E-state index >= 15 is 0 Å². The molecule has 0 heterocycles. The maximum absolute atomic E-state index is 12.5. The van der Waals surface area contributed by atoms with E-state index in [0.717, 1.165) is 22.0 Å². The average molecular weight is 376 g/mol. The van der Waals surface area contributed by atoms with E-state index in [9.17, 15) is 23.1 Å². The molecule has 0 spiro atoms. The maximum Gasteiger partial charge on any atom is 0.335 e. The first-order chi connectivity index (χ1) is 12.1. The average Bonchev–Trinajstić information content (AvgIpc) is 2.61. The minimum Gasteiger partial charge on any atom is -0.478 e. The largest absolute Gasteiger partial charge is 0.478 e. The summed E-state index contributed by atoms with van der Waals surface area (Å²) in [6.45, 7) is 1.78. The summed E-state index contributed by atoms with van der Waals surface area (Å²) in [7, 11) is -1.21. The molecule has 26 heavy (non-hydrogen) atoms. The maximum atomic E-state index is 12.5. The number of hydrogen-bond acceptors (Lipinski definition) is 4. The highest BCUT2D eigenvalue weighted by Gasteiger charge is 2.22. The van der Waals surface area contributed by atoms with Gasteiger partial charge >= 0.3 is 5.97 Å². The van der Waals surface area contributed by atoms with Crippen LogP contribution in [0.3, 0.4) is 0 Å². The third-order valence-electron chi connectivity index (χ3n) is 3.84. The minimum atomic E-state index is -3.88. The van der Waals surface area contributed by atoms with Gasteiger partial charge in [0.25, 0.3) is 5.91 Å². The van der Waals surface area contributed by atoms with Gasteiger partial charge in [0.15, 0.2) is 0 Å². The molecule has 0 radical (unpaired) electrons. The lowest BCUT2D eigenvalue weighted by molar-refractivity contribution is 0.0696. The van der Waals surface area contributed by atoms with Crippen molar-refractivity contribution in [1.82, 2.24) is 9.62 Å². The molecule has 0 aliphatic rings. The van der Waals surface area contributed by atoms with Crippen LogP contribution in [-0.2, 0) is 10.0 Å². The van der Waals surface area contributed by atoms with Gasteiger partial charge in [0.1, 0.15) is 0 Å². The Kier molecular flexibility index (Phi) is 5.79. The van der Waals surface area contributed by atoms with Crippen molar-refractivity contribution in [2.24, 2.45) is 0 Å². The summed E-state index contributed by atoms with van der Waals surface area (Å²) in [4.78, 5) is 23.6. The van der Waals surface area contributed by atoms with Crippen LogP contribution in [-0.4, -0.2) is 43.8 Å². The molecule has 0 aliphatic carbocycles. The minimum absolute atomic E-state index is 0.0342. The summed E-state index contributed by atoms with van der Waals surface area (Å²) in [6.07, 6.45) is 0. The van der Waals surface area contributed by atoms with E-state index in [0.29, 0.717) is 0 Å². The molecule has 8 heteroatoms. The van der Waals surface area contributed by atoms with Gasteiger partial charge in [-0.2, -0.15) is 0 Å². The predicted molar refractivity (Wildman–Crippen MR) is 96.6 cm³/mol. The van der Waals surface area contributed by atoms with Crippen molar-refractivity contribution >= 4 is 21.9 Å². The van der Waals surface area contributed by atoms with Gasteiger partial charge in [0.2, 0.25) is 10.0 Å². The molecule has 0 fully saturated rings. The molecule has 7 nitrogen and oxygen atoms in total. The number of amides is 1. The van der Waals surface area contributed by atoms with Crippen LogP contribution in [0.25, 0.3) is 0 Å². The van der Waals surface area contributed by atoms with Gasteiger partial charge in [-0.3, -0.25) is 4.79 Å². The van der Waals surface area contributed by atoms with Crippen LogP contribution < -0.4 is 5.32 Å². The number of benzene rings is 2. The molecular formula is C18H20N2O5S. The number of hydrogen-bond donors (Lipinski definition) is 2. The van der Waals surface area contributed by atoms with E-state index in [1.807, 2.05) is 30.3 Å². The van der Waals surface area contributed by atoms with Crippen LogP contribution in [0.2, 0.25) is 0 Å². The molecule has 2 aromatic carbocycles. The van der Waals surface area contributed by atoms with Gasteiger partial charge in [-0.1, -0.05) is 30.3 Å². The Morgan fingerprint density at radius 3 is 2.15 bits per heavy atom. The van der Waals surface area contributed by atoms with Gasteiger partial charge in [-0.25, -0.2) is 17.5 Å². The molecule has 0 aromatic heterocycles. The second-order valence-corrected chi connectivity index (χ2v) is 8.10. The Hall–Kier alpha value is -2.71. The van der Waals surface area contributed by atoms with Crippen molar-refractivity contribution in [2.75, 3.05) is 14.1 Å². The highest BCUT2D eigenvalue weighted by atomic mass is 32.2. The lowest BCUT2D eigenvalue weighted by Gasteiger charge is -2.16. The topological polar surface area (TPSA) is 104 Å². The predicted octanol–water partition coefficient (Wildman–Crippen LogP) is 2.13. The lowest BCUT2D eigenvalue weighted by atomic mass is 10.1. The Morgan fingerprint density at radius 1 is 1.04 bits per heavy atom. The molecule has 0 saturated carbocycles. The third kappa shape index (κ3) is 4.27. The van der Waals surface area contributed by atoms with Crippen LogP contribution in [0.15, 0.2) is 53.4 Å². The fourth-order valence-corrected chi connectivity index (χ4v) is 3.29. The zero-order chi connectivity index (χ0) is 19.5. The standard InChI is InChI=1S/C18H20N2O5S/c1-12(13-7-5-4-6-8-13)19-17(21)14-9-15(18(22)23)11-16(10-14)26(24,25)20(2)3/h4-12H,1-3H3,(H,19,21)(H,22,23). The molecular weight excluding hydrogens is 356 g/mol. The molecule has 2 rings (SSSR count). The van der Waals surface area contributed by atoms with E-state index in [1.165, 1.54) is 20.2 Å². The highest BCUT2D eigenvalue weighted by Crippen LogP contribution is 2.19. The number of carbonyl (C=O) groups is 2. The molecule has 2 N–H and O–H groups in total. The Balaban J connectivity index is 2.40. The number of aromatic carboxylic acids is 1. The van der Waals surface area contributed by atoms with Crippen LogP contribution >= 0.6 is 0 Å². The smallest absolute Gasteiger partial charge is 0.335 e. The molecule has 1 unspecified atom stereocenters. The summed E-state index contributed by atoms with van der Waals surface area (Å²) in [6, 6.07) is 12.3. The summed E-state index contributed by atoms with van der Waals surface area (Å²) in [5.74, 6) is -1.87. The van der Waals surface area contributed by atoms with Crippen LogP contribution in [0.4, 0.5) is 0 Å². The van der Waals surface area contributed by atoms with Crippen LogP contribution in [0.5, 0.6) is 0 Å². The molecule has 2 aromatic rings. The zero-order valence-corrected chi connectivity index (χ0v) is 15.4. The van der Waals surface area contributed by atoms with Crippen molar-refractivity contribution in [1.29, 1.82) is 0 Å². The third-order valence-corrected chi connectivity index (χ3v) is 5.63. The Bertz CT molecular complexity index is 924. The van der Waals surface area contributed by atoms with Gasteiger partial charge < -0.3 is 10.4 Å². The molecule has 138 valence electrons. The van der Waals surface area contributed by atoms with E-state index in [1.54, 1.807) is 6.92 Å². The van der Waals surface area contributed by atoms with Crippen molar-refractivity contribution in [3.8, 4) is 0 Å². The van der Waals surface area contributed by atoms with Crippen molar-refractivity contribution in [2.45, 2.75) is 17.9 Å². The fraction of sp³-hybridized carbons (Fsp3) is 0.222. The number of carboxylic acids is 1. The highest BCUT2D eigenvalue weighted by molar-refractivity contribution is 7.89. The van der Waals surface area contributed by atoms with Gasteiger partial charge in [0, 0.05) is 19.7 Å². The second-order valence-electron chi connectivity index (χ2n) is 5.94. The number of carbonyl (C=O) groups excluding carboxylic acids is 1. The summed E-state index contributed by atoms with van der Waals surface area (Å²) in [5.41, 5.74) is 0.565. The van der Waals surface area contributed by atoms with Crippen LogP contribution in [0.1, 0.15) is 39.2 Å². The number of nitrogens with zero attached hydrogens (tertiary/aromatic N) is 1. The first-order valence-corrected chi connectivity index (χ1v) is 9.23. The fourth-order valence-electron chi connectivity index (χ4n) is 2.32.